The van der Waals surface area contributed by atoms with E-state index in [9.17, 15) is 13.2 Å². The van der Waals surface area contributed by atoms with Crippen LogP contribution in [-0.4, -0.2) is 32.2 Å². The van der Waals surface area contributed by atoms with Crippen LogP contribution in [0, 0.1) is 0 Å². The molecule has 1 unspecified atom stereocenters. The second-order valence-electron chi connectivity index (χ2n) is 6.37. The van der Waals surface area contributed by atoms with Gasteiger partial charge in [0.05, 0.1) is 10.6 Å². The van der Waals surface area contributed by atoms with Crippen LogP contribution in [0.3, 0.4) is 0 Å². The van der Waals surface area contributed by atoms with E-state index in [-0.39, 0.29) is 23.2 Å². The fourth-order valence-corrected chi connectivity index (χ4v) is 4.23. The van der Waals surface area contributed by atoms with Gasteiger partial charge in [-0.25, -0.2) is 8.42 Å². The number of carbonyl (C=O) groups excluding carboxylic acids is 1. The molecular weight excluding hydrogens is 288 g/mol. The molecule has 1 aromatic carbocycles. The zero-order valence-electron chi connectivity index (χ0n) is 12.6. The average Bonchev–Trinajstić information content (AvgIpc) is 2.60. The third-order valence-electron chi connectivity index (χ3n) is 3.27. The molecule has 0 spiro atoms. The van der Waals surface area contributed by atoms with Crippen LogP contribution in [0.25, 0.3) is 0 Å². The third kappa shape index (κ3) is 4.04. The minimum Gasteiger partial charge on any atom is -0.351 e. The second kappa shape index (κ2) is 5.77. The minimum absolute atomic E-state index is 0.0378. The molecule has 0 aromatic heterocycles. The largest absolute Gasteiger partial charge is 0.351 e. The maximum atomic E-state index is 12.0. The molecule has 21 heavy (non-hydrogen) atoms. The highest BCUT2D eigenvalue weighted by atomic mass is 32.2. The lowest BCUT2D eigenvalue weighted by Gasteiger charge is -2.21. The van der Waals surface area contributed by atoms with Crippen molar-refractivity contribution in [1.82, 2.24) is 10.6 Å². The van der Waals surface area contributed by atoms with E-state index in [0.29, 0.717) is 17.9 Å². The molecule has 0 aliphatic carbocycles. The van der Waals surface area contributed by atoms with Crippen molar-refractivity contribution >= 4 is 15.7 Å². The first-order valence-corrected chi connectivity index (χ1v) is 8.70. The molecule has 6 heteroatoms. The summed E-state index contributed by atoms with van der Waals surface area (Å²) in [7, 11) is -3.20. The Morgan fingerprint density at radius 1 is 1.29 bits per heavy atom. The Kier molecular flexibility index (Phi) is 4.39. The molecule has 5 nitrogen and oxygen atoms in total. The van der Waals surface area contributed by atoms with Crippen molar-refractivity contribution in [3.63, 3.8) is 0 Å². The Balaban J connectivity index is 1.93. The number of hydrogen-bond donors (Lipinski definition) is 2. The lowest BCUT2D eigenvalue weighted by atomic mass is 10.1. The summed E-state index contributed by atoms with van der Waals surface area (Å²) in [5.41, 5.74) is 0.550. The fourth-order valence-electron chi connectivity index (χ4n) is 2.46. The van der Waals surface area contributed by atoms with Gasteiger partial charge >= 0.3 is 0 Å². The van der Waals surface area contributed by atoms with E-state index >= 15 is 0 Å². The SMILES string of the molecule is CC(C)(C)NC(=O)CCNC1CS(=O)(=O)c2ccccc21. The van der Waals surface area contributed by atoms with Crippen LogP contribution in [0.1, 0.15) is 38.8 Å². The number of nitrogens with one attached hydrogen (secondary N) is 2. The van der Waals surface area contributed by atoms with Crippen LogP contribution in [0.15, 0.2) is 29.2 Å². The van der Waals surface area contributed by atoms with Crippen LogP contribution in [0.2, 0.25) is 0 Å². The lowest BCUT2D eigenvalue weighted by molar-refractivity contribution is -0.122. The van der Waals surface area contributed by atoms with Crippen molar-refractivity contribution in [2.75, 3.05) is 12.3 Å². The third-order valence-corrected chi connectivity index (χ3v) is 5.09. The maximum Gasteiger partial charge on any atom is 0.221 e. The van der Waals surface area contributed by atoms with Crippen molar-refractivity contribution in [3.05, 3.63) is 29.8 Å². The molecule has 0 fully saturated rings. The predicted molar refractivity (Wildman–Crippen MR) is 81.8 cm³/mol. The van der Waals surface area contributed by atoms with Crippen molar-refractivity contribution < 1.29 is 13.2 Å². The summed E-state index contributed by atoms with van der Waals surface area (Å²) in [4.78, 5) is 12.1. The molecule has 1 aliphatic rings. The van der Waals surface area contributed by atoms with Crippen LogP contribution < -0.4 is 10.6 Å². The second-order valence-corrected chi connectivity index (χ2v) is 8.38. The summed E-state index contributed by atoms with van der Waals surface area (Å²) < 4.78 is 24.1. The molecule has 1 aromatic rings. The first-order valence-electron chi connectivity index (χ1n) is 7.05. The highest BCUT2D eigenvalue weighted by Crippen LogP contribution is 2.32. The van der Waals surface area contributed by atoms with Crippen LogP contribution >= 0.6 is 0 Å². The van der Waals surface area contributed by atoms with E-state index in [0.717, 1.165) is 5.56 Å². The summed E-state index contributed by atoms with van der Waals surface area (Å²) in [5, 5.41) is 6.05. The molecule has 2 rings (SSSR count). The highest BCUT2D eigenvalue weighted by molar-refractivity contribution is 7.91. The van der Waals surface area contributed by atoms with Gasteiger partial charge in [0, 0.05) is 24.5 Å². The fraction of sp³-hybridized carbons (Fsp3) is 0.533. The number of fused-ring (bicyclic) bond motifs is 1. The van der Waals surface area contributed by atoms with Gasteiger partial charge in [-0.3, -0.25) is 4.79 Å². The summed E-state index contributed by atoms with van der Waals surface area (Å²) >= 11 is 0. The molecule has 0 bridgehead atoms. The minimum atomic E-state index is -3.20. The normalized spacial score (nSPS) is 20.0. The Morgan fingerprint density at radius 2 is 1.95 bits per heavy atom. The number of amides is 1. The lowest BCUT2D eigenvalue weighted by Crippen LogP contribution is -2.41. The Labute approximate surface area is 126 Å². The summed E-state index contributed by atoms with van der Waals surface area (Å²) in [5.74, 6) is 0.0249. The van der Waals surface area contributed by atoms with Crippen molar-refractivity contribution in [3.8, 4) is 0 Å². The van der Waals surface area contributed by atoms with E-state index < -0.39 is 9.84 Å². The molecule has 1 amide bonds. The standard InChI is InChI=1S/C15H22N2O3S/c1-15(2,3)17-14(18)8-9-16-12-10-21(19,20)13-7-5-4-6-11(12)13/h4-7,12,16H,8-10H2,1-3H3,(H,17,18). The monoisotopic (exact) mass is 310 g/mol. The Hall–Kier alpha value is -1.40. The molecule has 1 atom stereocenters. The molecule has 2 N–H and O–H groups in total. The number of hydrogen-bond acceptors (Lipinski definition) is 4. The van der Waals surface area contributed by atoms with Gasteiger partial charge in [0.1, 0.15) is 0 Å². The van der Waals surface area contributed by atoms with Gasteiger partial charge in [0.25, 0.3) is 0 Å². The molecule has 0 radical (unpaired) electrons. The van der Waals surface area contributed by atoms with Gasteiger partial charge in [0.2, 0.25) is 5.91 Å². The van der Waals surface area contributed by atoms with E-state index in [2.05, 4.69) is 10.6 Å². The Bertz CT molecular complexity index is 633. The zero-order chi connectivity index (χ0) is 15.7. The number of sulfone groups is 1. The highest BCUT2D eigenvalue weighted by Gasteiger charge is 2.33. The topological polar surface area (TPSA) is 75.3 Å². The van der Waals surface area contributed by atoms with Crippen LogP contribution in [-0.2, 0) is 14.6 Å². The smallest absolute Gasteiger partial charge is 0.221 e. The first kappa shape index (κ1) is 16.0. The van der Waals surface area contributed by atoms with E-state index in [1.54, 1.807) is 12.1 Å². The number of carbonyl (C=O) groups is 1. The van der Waals surface area contributed by atoms with Crippen molar-refractivity contribution in [1.29, 1.82) is 0 Å². The Morgan fingerprint density at radius 3 is 2.62 bits per heavy atom. The van der Waals surface area contributed by atoms with Crippen molar-refractivity contribution in [2.24, 2.45) is 0 Å². The average molecular weight is 310 g/mol. The van der Waals surface area contributed by atoms with E-state index in [1.165, 1.54) is 0 Å². The quantitative estimate of drug-likeness (QED) is 0.882. The molecule has 1 aliphatic heterocycles. The molecular formula is C15H22N2O3S. The molecule has 0 saturated carbocycles. The van der Waals surface area contributed by atoms with Crippen LogP contribution in [0.5, 0.6) is 0 Å². The van der Waals surface area contributed by atoms with Gasteiger partial charge in [-0.1, -0.05) is 18.2 Å². The van der Waals surface area contributed by atoms with E-state index in [4.69, 9.17) is 0 Å². The first-order chi connectivity index (χ1) is 9.69. The summed E-state index contributed by atoms with van der Waals surface area (Å²) in [6.07, 6.45) is 0.329. The van der Waals surface area contributed by atoms with Crippen LogP contribution in [0.4, 0.5) is 0 Å². The number of rotatable bonds is 4. The molecule has 1 heterocycles. The van der Waals surface area contributed by atoms with Gasteiger partial charge in [0.15, 0.2) is 9.84 Å². The van der Waals surface area contributed by atoms with Gasteiger partial charge in [-0.05, 0) is 32.4 Å². The predicted octanol–water partition coefficient (Wildman–Crippen LogP) is 1.41. The number of benzene rings is 1. The maximum absolute atomic E-state index is 12.0. The summed E-state index contributed by atoms with van der Waals surface area (Å²) in [6, 6.07) is 6.80. The zero-order valence-corrected chi connectivity index (χ0v) is 13.5. The van der Waals surface area contributed by atoms with Gasteiger partial charge in [-0.15, -0.1) is 0 Å². The van der Waals surface area contributed by atoms with Gasteiger partial charge in [-0.2, -0.15) is 0 Å². The molecule has 116 valence electrons. The van der Waals surface area contributed by atoms with E-state index in [1.807, 2.05) is 32.9 Å². The molecule has 0 saturated heterocycles. The summed E-state index contributed by atoms with van der Waals surface area (Å²) in [6.45, 7) is 6.24. The van der Waals surface area contributed by atoms with Crippen molar-refractivity contribution in [2.45, 2.75) is 43.7 Å². The van der Waals surface area contributed by atoms with Gasteiger partial charge < -0.3 is 10.6 Å².